The normalized spacial score (nSPS) is 10.1. The summed E-state index contributed by atoms with van der Waals surface area (Å²) in [5, 5.41) is 9.25. The lowest BCUT2D eigenvalue weighted by Crippen LogP contribution is -1.98. The van der Waals surface area contributed by atoms with Gasteiger partial charge in [0.1, 0.15) is 5.75 Å². The summed E-state index contributed by atoms with van der Waals surface area (Å²) in [6.45, 7) is 2.43. The summed E-state index contributed by atoms with van der Waals surface area (Å²) in [4.78, 5) is 0. The van der Waals surface area contributed by atoms with Gasteiger partial charge in [0.15, 0.2) is 0 Å². The van der Waals surface area contributed by atoms with Crippen LogP contribution in [0.25, 0.3) is 0 Å². The summed E-state index contributed by atoms with van der Waals surface area (Å²) in [6, 6.07) is 3.54. The van der Waals surface area contributed by atoms with Crippen molar-refractivity contribution in [3.63, 3.8) is 0 Å². The number of halogens is 1. The molecule has 0 aromatic heterocycles. The molecule has 0 aliphatic heterocycles. The van der Waals surface area contributed by atoms with Crippen molar-refractivity contribution in [1.29, 1.82) is 0 Å². The summed E-state index contributed by atoms with van der Waals surface area (Å²) in [5.74, 6) is 0.246. The fourth-order valence-electron chi connectivity index (χ4n) is 0.924. The summed E-state index contributed by atoms with van der Waals surface area (Å²) in [5.41, 5.74) is 7.52. The maximum atomic E-state index is 9.25. The van der Waals surface area contributed by atoms with E-state index in [0.29, 0.717) is 11.0 Å². The molecular formula is C8H10BrNO. The zero-order valence-corrected chi connectivity index (χ0v) is 7.85. The molecule has 3 N–H and O–H groups in total. The molecular weight excluding hydrogens is 206 g/mol. The van der Waals surface area contributed by atoms with Crippen molar-refractivity contribution in [3.05, 3.63) is 27.7 Å². The highest BCUT2D eigenvalue weighted by atomic mass is 79.9. The lowest BCUT2D eigenvalue weighted by molar-refractivity contribution is 0.471. The molecule has 0 saturated heterocycles. The first-order valence-electron chi connectivity index (χ1n) is 3.33. The van der Waals surface area contributed by atoms with E-state index in [0.717, 1.165) is 11.1 Å². The Hall–Kier alpha value is -0.540. The fraction of sp³-hybridized carbons (Fsp3) is 0.250. The molecule has 1 rings (SSSR count). The number of phenolic OH excluding ortho intramolecular Hbond substituents is 1. The van der Waals surface area contributed by atoms with E-state index in [1.807, 2.05) is 13.0 Å². The summed E-state index contributed by atoms with van der Waals surface area (Å²) in [6.07, 6.45) is 0. The molecule has 1 aromatic carbocycles. The van der Waals surface area contributed by atoms with E-state index in [1.54, 1.807) is 6.07 Å². The van der Waals surface area contributed by atoms with Gasteiger partial charge in [0.05, 0.1) is 4.47 Å². The van der Waals surface area contributed by atoms with Gasteiger partial charge in [0.25, 0.3) is 0 Å². The first-order chi connectivity index (χ1) is 5.15. The molecule has 0 bridgehead atoms. The van der Waals surface area contributed by atoms with E-state index in [2.05, 4.69) is 15.9 Å². The van der Waals surface area contributed by atoms with E-state index >= 15 is 0 Å². The van der Waals surface area contributed by atoms with Crippen LogP contribution in [0, 0.1) is 6.92 Å². The predicted molar refractivity (Wildman–Crippen MR) is 48.4 cm³/mol. The molecule has 0 spiro atoms. The standard InChI is InChI=1S/C8H10BrNO/c1-5-2-7(9)8(11)3-6(5)4-10/h2-3,11H,4,10H2,1H3. The van der Waals surface area contributed by atoms with Crippen LogP contribution in [0.2, 0.25) is 0 Å². The first-order valence-corrected chi connectivity index (χ1v) is 4.12. The largest absolute Gasteiger partial charge is 0.507 e. The maximum Gasteiger partial charge on any atom is 0.130 e. The lowest BCUT2D eigenvalue weighted by atomic mass is 10.1. The molecule has 60 valence electrons. The van der Waals surface area contributed by atoms with Crippen LogP contribution in [0.15, 0.2) is 16.6 Å². The summed E-state index contributed by atoms with van der Waals surface area (Å²) in [7, 11) is 0. The van der Waals surface area contributed by atoms with Crippen LogP contribution >= 0.6 is 15.9 Å². The molecule has 3 heteroatoms. The number of rotatable bonds is 1. The van der Waals surface area contributed by atoms with Crippen molar-refractivity contribution in [1.82, 2.24) is 0 Å². The smallest absolute Gasteiger partial charge is 0.130 e. The minimum Gasteiger partial charge on any atom is -0.507 e. The zero-order chi connectivity index (χ0) is 8.43. The number of phenols is 1. The highest BCUT2D eigenvalue weighted by Gasteiger charge is 2.01. The van der Waals surface area contributed by atoms with E-state index < -0.39 is 0 Å². The van der Waals surface area contributed by atoms with Gasteiger partial charge in [0.2, 0.25) is 0 Å². The third-order valence-electron chi connectivity index (χ3n) is 1.63. The van der Waals surface area contributed by atoms with Crippen LogP contribution in [-0.2, 0) is 6.54 Å². The number of aromatic hydroxyl groups is 1. The lowest BCUT2D eigenvalue weighted by Gasteiger charge is -2.04. The molecule has 0 aliphatic carbocycles. The second kappa shape index (κ2) is 3.24. The number of aryl methyl sites for hydroxylation is 1. The van der Waals surface area contributed by atoms with Crippen LogP contribution in [0.3, 0.4) is 0 Å². The van der Waals surface area contributed by atoms with E-state index in [-0.39, 0.29) is 5.75 Å². The van der Waals surface area contributed by atoms with Crippen molar-refractivity contribution in [3.8, 4) is 5.75 Å². The Bertz CT molecular complexity index is 273. The zero-order valence-electron chi connectivity index (χ0n) is 6.26. The minimum absolute atomic E-state index is 0.246. The second-order valence-corrected chi connectivity index (χ2v) is 3.29. The van der Waals surface area contributed by atoms with Gasteiger partial charge in [-0.25, -0.2) is 0 Å². The molecule has 0 aliphatic rings. The van der Waals surface area contributed by atoms with Gasteiger partial charge in [-0.1, -0.05) is 0 Å². The van der Waals surface area contributed by atoms with Crippen LogP contribution in [0.1, 0.15) is 11.1 Å². The molecule has 1 aromatic rings. The highest BCUT2D eigenvalue weighted by Crippen LogP contribution is 2.26. The monoisotopic (exact) mass is 215 g/mol. The second-order valence-electron chi connectivity index (χ2n) is 2.43. The van der Waals surface area contributed by atoms with Gasteiger partial charge >= 0.3 is 0 Å². The fourth-order valence-corrected chi connectivity index (χ4v) is 1.38. The van der Waals surface area contributed by atoms with Crippen LogP contribution in [0.5, 0.6) is 5.75 Å². The predicted octanol–water partition coefficient (Wildman–Crippen LogP) is 1.92. The van der Waals surface area contributed by atoms with Crippen molar-refractivity contribution in [2.24, 2.45) is 5.73 Å². The topological polar surface area (TPSA) is 46.2 Å². The average molecular weight is 216 g/mol. The number of benzene rings is 1. The maximum absolute atomic E-state index is 9.25. The van der Waals surface area contributed by atoms with Gasteiger partial charge < -0.3 is 10.8 Å². The Balaban J connectivity index is 3.21. The summed E-state index contributed by atoms with van der Waals surface area (Å²) >= 11 is 3.22. The average Bonchev–Trinajstić information content (AvgIpc) is 1.97. The molecule has 0 saturated carbocycles. The highest BCUT2D eigenvalue weighted by molar-refractivity contribution is 9.10. The third kappa shape index (κ3) is 1.73. The van der Waals surface area contributed by atoms with Gasteiger partial charge in [0, 0.05) is 6.54 Å². The van der Waals surface area contributed by atoms with E-state index in [9.17, 15) is 5.11 Å². The molecule has 2 nitrogen and oxygen atoms in total. The Morgan fingerprint density at radius 3 is 2.73 bits per heavy atom. The number of nitrogens with two attached hydrogens (primary N) is 1. The summed E-state index contributed by atoms with van der Waals surface area (Å²) < 4.78 is 0.715. The molecule has 0 fully saturated rings. The van der Waals surface area contributed by atoms with Crippen molar-refractivity contribution >= 4 is 15.9 Å². The number of hydrogen-bond acceptors (Lipinski definition) is 2. The third-order valence-corrected chi connectivity index (χ3v) is 2.26. The van der Waals surface area contributed by atoms with E-state index in [1.165, 1.54) is 0 Å². The Kier molecular flexibility index (Phi) is 2.52. The Labute approximate surface area is 74.2 Å². The molecule has 0 heterocycles. The Morgan fingerprint density at radius 1 is 1.55 bits per heavy atom. The van der Waals surface area contributed by atoms with Gasteiger partial charge in [-0.15, -0.1) is 0 Å². The van der Waals surface area contributed by atoms with Gasteiger partial charge in [-0.05, 0) is 46.1 Å². The molecule has 0 unspecified atom stereocenters. The van der Waals surface area contributed by atoms with Crippen LogP contribution in [-0.4, -0.2) is 5.11 Å². The van der Waals surface area contributed by atoms with Gasteiger partial charge in [-0.3, -0.25) is 0 Å². The van der Waals surface area contributed by atoms with Crippen molar-refractivity contribution in [2.45, 2.75) is 13.5 Å². The molecule has 0 atom stereocenters. The molecule has 11 heavy (non-hydrogen) atoms. The number of hydrogen-bond donors (Lipinski definition) is 2. The quantitative estimate of drug-likeness (QED) is 0.753. The van der Waals surface area contributed by atoms with Crippen molar-refractivity contribution < 1.29 is 5.11 Å². The molecule has 0 amide bonds. The first kappa shape index (κ1) is 8.56. The van der Waals surface area contributed by atoms with Crippen LogP contribution in [0.4, 0.5) is 0 Å². The van der Waals surface area contributed by atoms with E-state index in [4.69, 9.17) is 5.73 Å². The van der Waals surface area contributed by atoms with Crippen molar-refractivity contribution in [2.75, 3.05) is 0 Å². The molecule has 0 radical (unpaired) electrons. The minimum atomic E-state index is 0.246. The van der Waals surface area contributed by atoms with Gasteiger partial charge in [-0.2, -0.15) is 0 Å². The Morgan fingerprint density at radius 2 is 2.18 bits per heavy atom. The SMILES string of the molecule is Cc1cc(Br)c(O)cc1CN. The van der Waals surface area contributed by atoms with Crippen LogP contribution < -0.4 is 5.73 Å².